The second-order valence-corrected chi connectivity index (χ2v) is 7.57. The normalized spacial score (nSPS) is 14.6. The number of carbonyl (C=O) groups excluding carboxylic acids is 1. The lowest BCUT2D eigenvalue weighted by Gasteiger charge is -2.21. The van der Waals surface area contributed by atoms with E-state index in [9.17, 15) is 14.3 Å². The van der Waals surface area contributed by atoms with Crippen molar-refractivity contribution in [2.45, 2.75) is 19.2 Å². The third kappa shape index (κ3) is 4.87. The molecule has 3 aromatic rings. The van der Waals surface area contributed by atoms with E-state index >= 15 is 0 Å². The van der Waals surface area contributed by atoms with E-state index in [4.69, 9.17) is 21.1 Å². The molecular weight excluding hydrogens is 389 g/mol. The minimum Gasteiger partial charge on any atom is -0.777 e. The highest BCUT2D eigenvalue weighted by atomic mass is 31.2. The van der Waals surface area contributed by atoms with E-state index in [1.54, 1.807) is 27.5 Å². The first-order valence-corrected chi connectivity index (χ1v) is 9.84. The molecule has 1 amide bonds. The molecule has 28 heavy (non-hydrogen) atoms. The number of nitrogen functional groups attached to an aromatic ring is 1. The molecule has 0 fully saturated rings. The maximum atomic E-state index is 11.4. The Labute approximate surface area is 159 Å². The lowest BCUT2D eigenvalue weighted by Crippen LogP contribution is -2.43. The van der Waals surface area contributed by atoms with Gasteiger partial charge in [-0.05, 0) is 6.07 Å². The summed E-state index contributed by atoms with van der Waals surface area (Å²) in [5.74, 6) is -0.386. The molecule has 3 aromatic heterocycles. The Morgan fingerprint density at radius 1 is 1.43 bits per heavy atom. The molecule has 13 heteroatoms. The quantitative estimate of drug-likeness (QED) is 0.291. The number of primary amides is 1. The summed E-state index contributed by atoms with van der Waals surface area (Å²) in [6.07, 6.45) is 4.38. The predicted molar refractivity (Wildman–Crippen MR) is 94.5 cm³/mol. The van der Waals surface area contributed by atoms with E-state index in [2.05, 4.69) is 15.0 Å². The number of nitrogens with two attached hydrogens (primary N) is 2. The Morgan fingerprint density at radius 2 is 2.21 bits per heavy atom. The fraction of sp³-hybridized carbons (Fsp3) is 0.267. The molecule has 0 aliphatic carbocycles. The Balaban J connectivity index is 1.86. The molecule has 0 saturated heterocycles. The van der Waals surface area contributed by atoms with Gasteiger partial charge in [0, 0.05) is 6.07 Å². The van der Waals surface area contributed by atoms with Crippen molar-refractivity contribution in [3.05, 3.63) is 42.7 Å². The number of aromatic nitrogens is 5. The smallest absolute Gasteiger partial charge is 0.254 e. The van der Waals surface area contributed by atoms with Crippen LogP contribution in [0.25, 0.3) is 11.2 Å². The first-order valence-electron chi connectivity index (χ1n) is 8.07. The number of anilines is 1. The van der Waals surface area contributed by atoms with Gasteiger partial charge in [0.05, 0.1) is 12.9 Å². The predicted octanol–water partition coefficient (Wildman–Crippen LogP) is -1.62. The minimum atomic E-state index is -4.62. The molecule has 5 N–H and O–H groups in total. The monoisotopic (exact) mass is 407 g/mol. The number of amides is 1. The van der Waals surface area contributed by atoms with E-state index in [1.807, 2.05) is 0 Å². The summed E-state index contributed by atoms with van der Waals surface area (Å²) in [5.41, 5.74) is 12.2. The summed E-state index contributed by atoms with van der Waals surface area (Å²) in [4.78, 5) is 43.7. The van der Waals surface area contributed by atoms with Gasteiger partial charge >= 0.3 is 0 Å². The standard InChI is InChI=1S/C15H18N7O5P/c16-13-12-15(19-7-18-13)22(8-20-12)6-11(27-9-28(24,25)26)5-21-3-1-2-10(4-21)14(17)23/h1-4,7-8,11H,5-6,9H2,(H5-,16,17,18,19,23,24,25,26)/t11-/m1/s1. The maximum Gasteiger partial charge on any atom is 0.254 e. The highest BCUT2D eigenvalue weighted by Gasteiger charge is 2.21. The molecule has 0 aromatic carbocycles. The second-order valence-electron chi connectivity index (χ2n) is 6.04. The first kappa shape index (κ1) is 19.8. The largest absolute Gasteiger partial charge is 0.777 e. The third-order valence-electron chi connectivity index (χ3n) is 3.86. The summed E-state index contributed by atoms with van der Waals surface area (Å²) in [6.45, 7) is 0.322. The fourth-order valence-corrected chi connectivity index (χ4v) is 3.03. The number of ether oxygens (including phenoxy) is 1. The number of carbonyl (C=O) groups is 1. The van der Waals surface area contributed by atoms with E-state index in [0.717, 1.165) is 0 Å². The van der Waals surface area contributed by atoms with Gasteiger partial charge in [-0.25, -0.2) is 19.5 Å². The fourth-order valence-electron chi connectivity index (χ4n) is 2.63. The van der Waals surface area contributed by atoms with Crippen LogP contribution >= 0.6 is 7.60 Å². The van der Waals surface area contributed by atoms with Crippen molar-refractivity contribution in [3.8, 4) is 0 Å². The van der Waals surface area contributed by atoms with E-state index in [0.29, 0.717) is 11.2 Å². The average molecular weight is 407 g/mol. The van der Waals surface area contributed by atoms with Crippen molar-refractivity contribution in [3.63, 3.8) is 0 Å². The lowest BCUT2D eigenvalue weighted by molar-refractivity contribution is -0.704. The van der Waals surface area contributed by atoms with Crippen LogP contribution in [0.3, 0.4) is 0 Å². The van der Waals surface area contributed by atoms with Crippen LogP contribution in [-0.4, -0.2) is 42.8 Å². The molecule has 0 bridgehead atoms. The van der Waals surface area contributed by atoms with E-state index in [1.165, 1.54) is 18.9 Å². The Hall–Kier alpha value is -2.92. The molecular formula is C15H18N7O5P. The van der Waals surface area contributed by atoms with Gasteiger partial charge in [0.15, 0.2) is 38.0 Å². The van der Waals surface area contributed by atoms with Crippen molar-refractivity contribution < 1.29 is 28.5 Å². The molecule has 3 rings (SSSR count). The average Bonchev–Trinajstić information content (AvgIpc) is 3.04. The summed E-state index contributed by atoms with van der Waals surface area (Å²) in [6, 6.07) is 3.18. The third-order valence-corrected chi connectivity index (χ3v) is 4.34. The van der Waals surface area contributed by atoms with Crippen LogP contribution in [0, 0.1) is 0 Å². The number of imidazole rings is 1. The van der Waals surface area contributed by atoms with E-state index in [-0.39, 0.29) is 24.5 Å². The van der Waals surface area contributed by atoms with Crippen molar-refractivity contribution in [1.82, 2.24) is 19.5 Å². The van der Waals surface area contributed by atoms with Crippen LogP contribution in [0.15, 0.2) is 37.2 Å². The molecule has 12 nitrogen and oxygen atoms in total. The van der Waals surface area contributed by atoms with Crippen LogP contribution in [0.1, 0.15) is 10.4 Å². The van der Waals surface area contributed by atoms with Gasteiger partial charge in [0.25, 0.3) is 5.91 Å². The van der Waals surface area contributed by atoms with Crippen LogP contribution in [-0.2, 0) is 22.4 Å². The highest BCUT2D eigenvalue weighted by Crippen LogP contribution is 2.29. The van der Waals surface area contributed by atoms with Gasteiger partial charge < -0.3 is 35.1 Å². The van der Waals surface area contributed by atoms with Crippen LogP contribution in [0.2, 0.25) is 0 Å². The molecule has 3 heterocycles. The number of rotatable bonds is 8. The molecule has 0 aliphatic heterocycles. The zero-order valence-electron chi connectivity index (χ0n) is 14.6. The highest BCUT2D eigenvalue weighted by molar-refractivity contribution is 7.50. The van der Waals surface area contributed by atoms with Gasteiger partial charge in [-0.1, -0.05) is 0 Å². The molecule has 0 radical (unpaired) electrons. The van der Waals surface area contributed by atoms with Gasteiger partial charge in [-0.2, -0.15) is 0 Å². The van der Waals surface area contributed by atoms with Crippen LogP contribution in [0.4, 0.5) is 5.82 Å². The van der Waals surface area contributed by atoms with Crippen LogP contribution in [0.5, 0.6) is 0 Å². The number of pyridine rings is 1. The van der Waals surface area contributed by atoms with Gasteiger partial charge in [-0.15, -0.1) is 0 Å². The Kier molecular flexibility index (Phi) is 5.66. The Bertz CT molecular complexity index is 1050. The van der Waals surface area contributed by atoms with Crippen molar-refractivity contribution in [2.24, 2.45) is 5.73 Å². The zero-order chi connectivity index (χ0) is 20.3. The second kappa shape index (κ2) is 7.98. The topological polar surface area (TPSA) is 186 Å². The van der Waals surface area contributed by atoms with Crippen molar-refractivity contribution in [1.29, 1.82) is 0 Å². The molecule has 1 unspecified atom stereocenters. The number of hydrogen-bond acceptors (Lipinski definition) is 8. The summed E-state index contributed by atoms with van der Waals surface area (Å²) < 4.78 is 19.8. The summed E-state index contributed by atoms with van der Waals surface area (Å²) in [7, 11) is -4.62. The number of nitrogens with zero attached hydrogens (tertiary/aromatic N) is 5. The molecule has 0 aliphatic rings. The summed E-state index contributed by atoms with van der Waals surface area (Å²) >= 11 is 0. The zero-order valence-corrected chi connectivity index (χ0v) is 15.5. The minimum absolute atomic E-state index is 0.154. The molecule has 2 atom stereocenters. The van der Waals surface area contributed by atoms with Gasteiger partial charge in [0.2, 0.25) is 0 Å². The molecule has 0 saturated carbocycles. The Morgan fingerprint density at radius 3 is 2.93 bits per heavy atom. The lowest BCUT2D eigenvalue weighted by atomic mass is 10.2. The van der Waals surface area contributed by atoms with Gasteiger partial charge in [0.1, 0.15) is 29.9 Å². The maximum absolute atomic E-state index is 11.4. The molecule has 148 valence electrons. The van der Waals surface area contributed by atoms with Crippen molar-refractivity contribution in [2.75, 3.05) is 12.1 Å². The van der Waals surface area contributed by atoms with Gasteiger partial charge in [-0.3, -0.25) is 4.79 Å². The number of fused-ring (bicyclic) bond motifs is 1. The van der Waals surface area contributed by atoms with Crippen LogP contribution < -0.4 is 20.9 Å². The molecule has 0 spiro atoms. The SMILES string of the molecule is NC(=O)c1ccc[n+](C[C@H](Cn2cnc3c(N)ncnc32)OCP(=O)([O-])O)c1. The van der Waals surface area contributed by atoms with Crippen molar-refractivity contribution >= 4 is 30.5 Å². The number of hydrogen-bond donors (Lipinski definition) is 3. The first-order chi connectivity index (χ1) is 13.2. The summed E-state index contributed by atoms with van der Waals surface area (Å²) in [5, 5.41) is 0. The van der Waals surface area contributed by atoms with E-state index < -0.39 is 26.0 Å².